The average molecular weight is 258 g/mol. The minimum Gasteiger partial charge on any atom is -0.368 e. The Balaban J connectivity index is 4.12. The molecule has 0 spiro atoms. The second-order valence-electron chi connectivity index (χ2n) is 4.39. The molecule has 0 fully saturated rings. The van der Waals surface area contributed by atoms with Crippen molar-refractivity contribution in [2.24, 2.45) is 11.5 Å². The van der Waals surface area contributed by atoms with E-state index in [9.17, 15) is 14.4 Å². The molecule has 0 aromatic rings. The number of nitrogens with zero attached hydrogens (tertiary/aromatic N) is 1. The summed E-state index contributed by atoms with van der Waals surface area (Å²) in [6, 6.07) is 0.354. The molecule has 0 saturated carbocycles. The summed E-state index contributed by atoms with van der Waals surface area (Å²) in [5.41, 5.74) is 10.0. The normalized spacial score (nSPS) is 10.4. The Hall–Kier alpha value is -1.63. The van der Waals surface area contributed by atoms with Crippen molar-refractivity contribution < 1.29 is 14.4 Å². The topological polar surface area (TPSA) is 119 Å². The summed E-state index contributed by atoms with van der Waals surface area (Å²) in [5, 5.41) is 3.17. The van der Waals surface area contributed by atoms with E-state index in [1.165, 1.54) is 0 Å². The van der Waals surface area contributed by atoms with E-state index in [4.69, 9.17) is 11.5 Å². The highest BCUT2D eigenvalue weighted by Gasteiger charge is 2.17. The van der Waals surface area contributed by atoms with Crippen LogP contribution in [0.3, 0.4) is 0 Å². The highest BCUT2D eigenvalue weighted by molar-refractivity contribution is 5.88. The molecule has 0 aliphatic carbocycles. The van der Waals surface area contributed by atoms with E-state index in [0.717, 1.165) is 4.90 Å². The Labute approximate surface area is 107 Å². The Kier molecular flexibility index (Phi) is 7.69. The van der Waals surface area contributed by atoms with Gasteiger partial charge >= 0.3 is 0 Å². The number of primary amides is 2. The van der Waals surface area contributed by atoms with Gasteiger partial charge in [0, 0.05) is 12.5 Å². The van der Waals surface area contributed by atoms with Gasteiger partial charge in [0.25, 0.3) is 0 Å². The number of rotatable bonds is 9. The van der Waals surface area contributed by atoms with Crippen LogP contribution in [0.15, 0.2) is 0 Å². The van der Waals surface area contributed by atoms with Crippen LogP contribution in [-0.4, -0.2) is 48.3 Å². The quantitative estimate of drug-likeness (QED) is 0.439. The van der Waals surface area contributed by atoms with Crippen LogP contribution in [0.1, 0.15) is 26.7 Å². The van der Waals surface area contributed by atoms with Gasteiger partial charge in [-0.2, -0.15) is 0 Å². The molecule has 0 heterocycles. The molecule has 0 aromatic carbocycles. The van der Waals surface area contributed by atoms with Crippen molar-refractivity contribution in [1.29, 1.82) is 0 Å². The molecule has 0 aliphatic rings. The third-order valence-corrected chi connectivity index (χ3v) is 2.17. The third kappa shape index (κ3) is 8.51. The zero-order valence-corrected chi connectivity index (χ0v) is 10.9. The van der Waals surface area contributed by atoms with Crippen LogP contribution in [-0.2, 0) is 14.4 Å². The van der Waals surface area contributed by atoms with Gasteiger partial charge in [-0.3, -0.25) is 14.4 Å². The van der Waals surface area contributed by atoms with Crippen LogP contribution in [0.4, 0.5) is 0 Å². The first-order valence-corrected chi connectivity index (χ1v) is 5.90. The molecule has 104 valence electrons. The second kappa shape index (κ2) is 8.46. The van der Waals surface area contributed by atoms with E-state index in [-0.39, 0.29) is 25.4 Å². The molecule has 0 saturated heterocycles. The fraction of sp³-hybridized carbons (Fsp3) is 0.727. The Morgan fingerprint density at radius 2 is 1.61 bits per heavy atom. The standard InChI is InChI=1S/C11H22N4O3/c1-8(2)14-5-3-4-11(18)15(6-9(12)16)7-10(13)17/h8,14H,3-7H2,1-2H3,(H2,12,16)(H2,13,17). The van der Waals surface area contributed by atoms with Crippen molar-refractivity contribution >= 4 is 17.7 Å². The minimum absolute atomic E-state index is 0.250. The highest BCUT2D eigenvalue weighted by atomic mass is 16.2. The van der Waals surface area contributed by atoms with Gasteiger partial charge in [-0.25, -0.2) is 0 Å². The number of hydrogen-bond donors (Lipinski definition) is 3. The molecule has 7 heteroatoms. The summed E-state index contributed by atoms with van der Waals surface area (Å²) in [5.74, 6) is -1.62. The molecular formula is C11H22N4O3. The minimum atomic E-state index is -0.662. The van der Waals surface area contributed by atoms with Crippen LogP contribution in [0.5, 0.6) is 0 Å². The van der Waals surface area contributed by atoms with Crippen LogP contribution < -0.4 is 16.8 Å². The lowest BCUT2D eigenvalue weighted by Crippen LogP contribution is -2.43. The Morgan fingerprint density at radius 3 is 2.00 bits per heavy atom. The van der Waals surface area contributed by atoms with Gasteiger partial charge in [-0.05, 0) is 13.0 Å². The molecule has 0 radical (unpaired) electrons. The molecule has 0 bridgehead atoms. The number of hydrogen-bond acceptors (Lipinski definition) is 4. The first-order chi connectivity index (χ1) is 8.32. The first kappa shape index (κ1) is 16.4. The van der Waals surface area contributed by atoms with Gasteiger partial charge in [0.1, 0.15) is 0 Å². The molecule has 0 unspecified atom stereocenters. The van der Waals surface area contributed by atoms with Crippen molar-refractivity contribution in [1.82, 2.24) is 10.2 Å². The van der Waals surface area contributed by atoms with E-state index < -0.39 is 11.8 Å². The molecule has 0 atom stereocenters. The van der Waals surface area contributed by atoms with Crippen molar-refractivity contribution in [2.45, 2.75) is 32.7 Å². The first-order valence-electron chi connectivity index (χ1n) is 5.90. The zero-order chi connectivity index (χ0) is 14.1. The lowest BCUT2D eigenvalue weighted by atomic mass is 10.2. The van der Waals surface area contributed by atoms with Crippen molar-refractivity contribution in [3.05, 3.63) is 0 Å². The lowest BCUT2D eigenvalue weighted by molar-refractivity contribution is -0.138. The number of nitrogens with two attached hydrogens (primary N) is 2. The predicted octanol–water partition coefficient (Wildman–Crippen LogP) is -1.44. The van der Waals surface area contributed by atoms with Crippen LogP contribution in [0.25, 0.3) is 0 Å². The summed E-state index contributed by atoms with van der Waals surface area (Å²) >= 11 is 0. The summed E-state index contributed by atoms with van der Waals surface area (Å²) in [7, 11) is 0. The fourth-order valence-corrected chi connectivity index (χ4v) is 1.40. The summed E-state index contributed by atoms with van der Waals surface area (Å²) in [4.78, 5) is 34.4. The number of carbonyl (C=O) groups is 3. The van der Waals surface area contributed by atoms with Gasteiger partial charge in [-0.1, -0.05) is 13.8 Å². The average Bonchev–Trinajstić information content (AvgIpc) is 2.21. The maximum atomic E-state index is 11.7. The predicted molar refractivity (Wildman–Crippen MR) is 67.3 cm³/mol. The second-order valence-corrected chi connectivity index (χ2v) is 4.39. The van der Waals surface area contributed by atoms with E-state index in [2.05, 4.69) is 5.32 Å². The smallest absolute Gasteiger partial charge is 0.237 e. The van der Waals surface area contributed by atoms with Crippen LogP contribution in [0, 0.1) is 0 Å². The summed E-state index contributed by atoms with van der Waals surface area (Å²) in [6.07, 6.45) is 0.880. The molecule has 7 nitrogen and oxygen atoms in total. The SMILES string of the molecule is CC(C)NCCCC(=O)N(CC(N)=O)CC(N)=O. The number of amides is 3. The van der Waals surface area contributed by atoms with Gasteiger partial charge < -0.3 is 21.7 Å². The third-order valence-electron chi connectivity index (χ3n) is 2.17. The van der Waals surface area contributed by atoms with Crippen LogP contribution >= 0.6 is 0 Å². The molecule has 0 aliphatic heterocycles. The molecule has 18 heavy (non-hydrogen) atoms. The van der Waals surface area contributed by atoms with Gasteiger partial charge in [0.15, 0.2) is 0 Å². The van der Waals surface area contributed by atoms with Gasteiger partial charge in [0.05, 0.1) is 13.1 Å². The lowest BCUT2D eigenvalue weighted by Gasteiger charge is -2.19. The van der Waals surface area contributed by atoms with Crippen LogP contribution in [0.2, 0.25) is 0 Å². The highest BCUT2D eigenvalue weighted by Crippen LogP contribution is 1.97. The molecular weight excluding hydrogens is 236 g/mol. The maximum absolute atomic E-state index is 11.7. The van der Waals surface area contributed by atoms with E-state index >= 15 is 0 Å². The van der Waals surface area contributed by atoms with E-state index in [1.54, 1.807) is 0 Å². The summed E-state index contributed by atoms with van der Waals surface area (Å²) < 4.78 is 0. The molecule has 5 N–H and O–H groups in total. The largest absolute Gasteiger partial charge is 0.368 e. The van der Waals surface area contributed by atoms with E-state index in [1.807, 2.05) is 13.8 Å². The molecule has 3 amide bonds. The molecule has 0 rings (SSSR count). The Morgan fingerprint density at radius 1 is 1.11 bits per heavy atom. The van der Waals surface area contributed by atoms with Crippen molar-refractivity contribution in [3.8, 4) is 0 Å². The van der Waals surface area contributed by atoms with Gasteiger partial charge in [-0.15, -0.1) is 0 Å². The Bertz CT molecular complexity index is 289. The monoisotopic (exact) mass is 258 g/mol. The summed E-state index contributed by atoms with van der Waals surface area (Å²) in [6.45, 7) is 4.16. The van der Waals surface area contributed by atoms with Crippen molar-refractivity contribution in [2.75, 3.05) is 19.6 Å². The van der Waals surface area contributed by atoms with Crippen molar-refractivity contribution in [3.63, 3.8) is 0 Å². The van der Waals surface area contributed by atoms with E-state index in [0.29, 0.717) is 19.0 Å². The zero-order valence-electron chi connectivity index (χ0n) is 10.9. The maximum Gasteiger partial charge on any atom is 0.237 e. The number of carbonyl (C=O) groups excluding carboxylic acids is 3. The fourth-order valence-electron chi connectivity index (χ4n) is 1.40. The van der Waals surface area contributed by atoms with Gasteiger partial charge in [0.2, 0.25) is 17.7 Å². The number of nitrogens with one attached hydrogen (secondary N) is 1. The molecule has 0 aromatic heterocycles.